The van der Waals surface area contributed by atoms with Crippen molar-refractivity contribution in [1.29, 1.82) is 0 Å². The topological polar surface area (TPSA) is 70.7 Å². The van der Waals surface area contributed by atoms with Gasteiger partial charge in [0.25, 0.3) is 10.2 Å². The van der Waals surface area contributed by atoms with Crippen LogP contribution in [0.15, 0.2) is 0 Å². The van der Waals surface area contributed by atoms with Crippen LogP contribution in [0.1, 0.15) is 46.0 Å². The molecule has 0 unspecified atom stereocenters. The van der Waals surface area contributed by atoms with Crippen molar-refractivity contribution in [2.45, 2.75) is 58.1 Å². The Labute approximate surface area is 129 Å². The lowest BCUT2D eigenvalue weighted by Gasteiger charge is -2.17. The molecule has 126 valence electrons. The summed E-state index contributed by atoms with van der Waals surface area (Å²) in [5, 5.41) is 3.38. The van der Waals surface area contributed by atoms with Crippen LogP contribution in [0.4, 0.5) is 0 Å². The van der Waals surface area contributed by atoms with E-state index < -0.39 is 10.2 Å². The number of ether oxygens (including phenoxy) is 1. The second-order valence-electron chi connectivity index (χ2n) is 5.93. The van der Waals surface area contributed by atoms with Gasteiger partial charge in [0, 0.05) is 32.8 Å². The Kier molecular flexibility index (Phi) is 8.73. The summed E-state index contributed by atoms with van der Waals surface area (Å²) in [6.07, 6.45) is 5.26. The van der Waals surface area contributed by atoms with Crippen molar-refractivity contribution < 1.29 is 13.2 Å². The van der Waals surface area contributed by atoms with Gasteiger partial charge in [-0.3, -0.25) is 0 Å². The minimum Gasteiger partial charge on any atom is -0.379 e. The third-order valence-electron chi connectivity index (χ3n) is 3.38. The van der Waals surface area contributed by atoms with E-state index in [0.717, 1.165) is 25.8 Å². The number of rotatable bonds is 13. The van der Waals surface area contributed by atoms with Crippen LogP contribution >= 0.6 is 0 Å². The fourth-order valence-electron chi connectivity index (χ4n) is 1.87. The predicted octanol–water partition coefficient (Wildman–Crippen LogP) is 1.10. The monoisotopic (exact) mass is 321 g/mol. The maximum atomic E-state index is 12.0. The van der Waals surface area contributed by atoms with Crippen LogP contribution in [0.2, 0.25) is 0 Å². The Hall–Kier alpha value is -0.210. The zero-order valence-electron chi connectivity index (χ0n) is 13.6. The molecule has 0 saturated heterocycles. The minimum absolute atomic E-state index is 0.233. The van der Waals surface area contributed by atoms with Gasteiger partial charge in [-0.1, -0.05) is 0 Å². The summed E-state index contributed by atoms with van der Waals surface area (Å²) in [5.74, 6) is 0. The first-order valence-corrected chi connectivity index (χ1v) is 9.41. The maximum Gasteiger partial charge on any atom is 0.279 e. The second-order valence-corrected chi connectivity index (χ2v) is 7.79. The van der Waals surface area contributed by atoms with Gasteiger partial charge in [0.05, 0.1) is 6.10 Å². The van der Waals surface area contributed by atoms with Crippen molar-refractivity contribution in [3.05, 3.63) is 0 Å². The highest BCUT2D eigenvalue weighted by atomic mass is 32.2. The van der Waals surface area contributed by atoms with Crippen molar-refractivity contribution in [3.8, 4) is 0 Å². The largest absolute Gasteiger partial charge is 0.379 e. The van der Waals surface area contributed by atoms with Crippen molar-refractivity contribution in [1.82, 2.24) is 14.3 Å². The molecular weight excluding hydrogens is 290 g/mol. The van der Waals surface area contributed by atoms with Gasteiger partial charge in [0.2, 0.25) is 0 Å². The van der Waals surface area contributed by atoms with Crippen molar-refractivity contribution in [2.75, 3.05) is 33.3 Å². The van der Waals surface area contributed by atoms with Crippen molar-refractivity contribution in [3.63, 3.8) is 0 Å². The average molecular weight is 321 g/mol. The number of nitrogens with one attached hydrogen (secondary N) is 2. The minimum atomic E-state index is -3.33. The first-order valence-electron chi connectivity index (χ1n) is 7.97. The van der Waals surface area contributed by atoms with Gasteiger partial charge in [-0.05, 0) is 52.5 Å². The Bertz CT molecular complexity index is 370. The quantitative estimate of drug-likeness (QED) is 0.498. The fraction of sp³-hybridized carbons (Fsp3) is 1.00. The van der Waals surface area contributed by atoms with Crippen LogP contribution in [0.25, 0.3) is 0 Å². The van der Waals surface area contributed by atoms with Crippen LogP contribution in [0.5, 0.6) is 0 Å². The molecule has 0 aromatic rings. The number of unbranched alkanes of at least 4 members (excludes halogenated alkanes) is 1. The smallest absolute Gasteiger partial charge is 0.279 e. The standard InChI is InChI=1S/C14H31N3O3S/c1-13(2)20-12-5-4-10-16-21(18,19)17(3)11-6-9-15-14-7-8-14/h13-16H,4-12H2,1-3H3. The molecule has 0 heterocycles. The summed E-state index contributed by atoms with van der Waals surface area (Å²) >= 11 is 0. The molecule has 0 amide bonds. The highest BCUT2D eigenvalue weighted by Crippen LogP contribution is 2.18. The van der Waals surface area contributed by atoms with Crippen LogP contribution in [-0.4, -0.2) is 58.2 Å². The summed E-state index contributed by atoms with van der Waals surface area (Å²) in [4.78, 5) is 0. The molecule has 21 heavy (non-hydrogen) atoms. The molecule has 0 aliphatic heterocycles. The Morgan fingerprint density at radius 3 is 2.52 bits per heavy atom. The van der Waals surface area contributed by atoms with Crippen LogP contribution < -0.4 is 10.0 Å². The number of hydrogen-bond donors (Lipinski definition) is 2. The lowest BCUT2D eigenvalue weighted by atomic mass is 10.3. The predicted molar refractivity (Wildman–Crippen MR) is 85.5 cm³/mol. The fourth-order valence-corrected chi connectivity index (χ4v) is 2.87. The van der Waals surface area contributed by atoms with E-state index in [0.29, 0.717) is 25.7 Å². The SMILES string of the molecule is CC(C)OCCCCNS(=O)(=O)N(C)CCCNC1CC1. The highest BCUT2D eigenvalue weighted by molar-refractivity contribution is 7.87. The molecule has 0 atom stereocenters. The number of hydrogen-bond acceptors (Lipinski definition) is 4. The summed E-state index contributed by atoms with van der Waals surface area (Å²) in [5.41, 5.74) is 0. The van der Waals surface area contributed by atoms with Crippen molar-refractivity contribution in [2.24, 2.45) is 0 Å². The van der Waals surface area contributed by atoms with Crippen LogP contribution in [0, 0.1) is 0 Å². The van der Waals surface area contributed by atoms with Gasteiger partial charge in [-0.25, -0.2) is 4.72 Å². The van der Waals surface area contributed by atoms with E-state index in [1.54, 1.807) is 7.05 Å². The van der Waals surface area contributed by atoms with E-state index >= 15 is 0 Å². The van der Waals surface area contributed by atoms with Gasteiger partial charge in [0.1, 0.15) is 0 Å². The zero-order chi connectivity index (χ0) is 15.7. The molecule has 0 spiro atoms. The molecule has 7 heteroatoms. The molecule has 0 bridgehead atoms. The summed E-state index contributed by atoms with van der Waals surface area (Å²) in [7, 11) is -1.71. The van der Waals surface area contributed by atoms with Gasteiger partial charge in [-0.15, -0.1) is 0 Å². The van der Waals surface area contributed by atoms with Gasteiger partial charge in [-0.2, -0.15) is 12.7 Å². The lowest BCUT2D eigenvalue weighted by molar-refractivity contribution is 0.0762. The number of nitrogens with zero attached hydrogens (tertiary/aromatic N) is 1. The Morgan fingerprint density at radius 1 is 1.19 bits per heavy atom. The molecule has 1 aliphatic rings. The molecule has 1 fully saturated rings. The molecule has 1 saturated carbocycles. The third-order valence-corrected chi connectivity index (χ3v) is 4.95. The summed E-state index contributed by atoms with van der Waals surface area (Å²) in [6, 6.07) is 0.679. The van der Waals surface area contributed by atoms with E-state index in [-0.39, 0.29) is 6.10 Å². The molecule has 2 N–H and O–H groups in total. The lowest BCUT2D eigenvalue weighted by Crippen LogP contribution is -2.39. The first-order chi connectivity index (χ1) is 9.92. The van der Waals surface area contributed by atoms with Gasteiger partial charge < -0.3 is 10.1 Å². The molecular formula is C14H31N3O3S. The van der Waals surface area contributed by atoms with E-state index in [1.807, 2.05) is 13.8 Å². The third kappa shape index (κ3) is 9.42. The summed E-state index contributed by atoms with van der Waals surface area (Å²) < 4.78 is 33.4. The molecule has 0 radical (unpaired) electrons. The molecule has 0 aromatic carbocycles. The molecule has 0 aromatic heterocycles. The van der Waals surface area contributed by atoms with E-state index in [2.05, 4.69) is 10.0 Å². The van der Waals surface area contributed by atoms with E-state index in [9.17, 15) is 8.42 Å². The van der Waals surface area contributed by atoms with Gasteiger partial charge in [0.15, 0.2) is 0 Å². The average Bonchev–Trinajstić information content (AvgIpc) is 3.22. The maximum absolute atomic E-state index is 12.0. The zero-order valence-corrected chi connectivity index (χ0v) is 14.4. The van der Waals surface area contributed by atoms with Crippen molar-refractivity contribution >= 4 is 10.2 Å². The van der Waals surface area contributed by atoms with E-state index in [1.165, 1.54) is 17.1 Å². The molecule has 1 aliphatic carbocycles. The second kappa shape index (κ2) is 9.74. The van der Waals surface area contributed by atoms with Crippen LogP contribution in [-0.2, 0) is 14.9 Å². The van der Waals surface area contributed by atoms with Crippen LogP contribution in [0.3, 0.4) is 0 Å². The van der Waals surface area contributed by atoms with E-state index in [4.69, 9.17) is 4.74 Å². The molecule has 6 nitrogen and oxygen atoms in total. The first kappa shape index (κ1) is 18.8. The normalized spacial score (nSPS) is 16.0. The molecule has 1 rings (SSSR count). The highest BCUT2D eigenvalue weighted by Gasteiger charge is 2.20. The van der Waals surface area contributed by atoms with Gasteiger partial charge >= 0.3 is 0 Å². The Balaban J connectivity index is 2.04. The summed E-state index contributed by atoms with van der Waals surface area (Å²) in [6.45, 7) is 6.57. The Morgan fingerprint density at radius 2 is 1.90 bits per heavy atom.